The molecule has 0 bridgehead atoms. The van der Waals surface area contributed by atoms with Crippen molar-refractivity contribution in [3.63, 3.8) is 0 Å². The smallest absolute Gasteiger partial charge is 0.341 e. The Morgan fingerprint density at radius 3 is 2.83 bits per heavy atom. The van der Waals surface area contributed by atoms with Crippen molar-refractivity contribution in [2.45, 2.75) is 39.0 Å². The van der Waals surface area contributed by atoms with Crippen molar-refractivity contribution in [1.82, 2.24) is 0 Å². The van der Waals surface area contributed by atoms with Gasteiger partial charge in [0.1, 0.15) is 5.00 Å². The Morgan fingerprint density at radius 2 is 2.07 bits per heavy atom. The number of carbonyl (C=O) groups excluding carboxylic acids is 2. The zero-order valence-electron chi connectivity index (χ0n) is 16.1. The molecule has 1 aliphatic carbocycles. The summed E-state index contributed by atoms with van der Waals surface area (Å²) in [6.45, 7) is 2.02. The Bertz CT molecular complexity index is 964. The van der Waals surface area contributed by atoms with Gasteiger partial charge in [0.2, 0.25) is 5.91 Å². The van der Waals surface area contributed by atoms with Gasteiger partial charge in [0.15, 0.2) is 0 Å². The van der Waals surface area contributed by atoms with Crippen LogP contribution in [0.4, 0.5) is 10.7 Å². The number of non-ortho nitro benzene ring substituents is 1. The van der Waals surface area contributed by atoms with E-state index in [0.717, 1.165) is 42.5 Å². The van der Waals surface area contributed by atoms with Crippen LogP contribution in [0.5, 0.6) is 0 Å². The summed E-state index contributed by atoms with van der Waals surface area (Å²) in [7, 11) is 0. The third-order valence-corrected chi connectivity index (χ3v) is 5.85. The van der Waals surface area contributed by atoms with E-state index in [0.29, 0.717) is 16.1 Å². The SMILES string of the molecule is CCOC(=O)c1c(NC(=O)/C=C/c2cccc([N+](=O)[O-])c2)sc2c1CCCCC2. The fourth-order valence-electron chi connectivity index (χ4n) is 3.32. The number of esters is 1. The fourth-order valence-corrected chi connectivity index (χ4v) is 4.60. The Morgan fingerprint density at radius 1 is 1.28 bits per heavy atom. The summed E-state index contributed by atoms with van der Waals surface area (Å²) in [6.07, 6.45) is 7.71. The quantitative estimate of drug-likeness (QED) is 0.242. The van der Waals surface area contributed by atoms with Gasteiger partial charge in [0.25, 0.3) is 5.69 Å². The molecule has 0 unspecified atom stereocenters. The number of nitro groups is 1. The number of benzene rings is 1. The summed E-state index contributed by atoms with van der Waals surface area (Å²) >= 11 is 1.43. The normalized spacial score (nSPS) is 13.6. The van der Waals surface area contributed by atoms with E-state index < -0.39 is 16.8 Å². The molecule has 0 fully saturated rings. The number of hydrogen-bond acceptors (Lipinski definition) is 6. The molecule has 0 atom stereocenters. The highest BCUT2D eigenvalue weighted by Crippen LogP contribution is 2.38. The highest BCUT2D eigenvalue weighted by Gasteiger charge is 2.26. The average Bonchev–Trinajstić information content (AvgIpc) is 2.87. The number of anilines is 1. The maximum Gasteiger partial charge on any atom is 0.341 e. The van der Waals surface area contributed by atoms with Gasteiger partial charge in [-0.25, -0.2) is 4.79 Å². The molecule has 29 heavy (non-hydrogen) atoms. The molecular formula is C21H22N2O5S. The average molecular weight is 414 g/mol. The highest BCUT2D eigenvalue weighted by molar-refractivity contribution is 7.17. The predicted octanol–water partition coefficient (Wildman–Crippen LogP) is 4.75. The molecule has 8 heteroatoms. The van der Waals surface area contributed by atoms with Crippen LogP contribution in [-0.2, 0) is 22.4 Å². The van der Waals surface area contributed by atoms with Gasteiger partial charge in [-0.2, -0.15) is 0 Å². The molecule has 0 saturated heterocycles. The van der Waals surface area contributed by atoms with E-state index in [1.807, 2.05) is 0 Å². The lowest BCUT2D eigenvalue weighted by atomic mass is 10.1. The van der Waals surface area contributed by atoms with Gasteiger partial charge in [0, 0.05) is 23.1 Å². The van der Waals surface area contributed by atoms with Gasteiger partial charge in [-0.05, 0) is 49.8 Å². The number of amides is 1. The number of nitro benzene ring substituents is 1. The lowest BCUT2D eigenvalue weighted by Crippen LogP contribution is -2.13. The number of hydrogen-bond donors (Lipinski definition) is 1. The first kappa shape index (κ1) is 20.7. The van der Waals surface area contributed by atoms with Gasteiger partial charge in [-0.15, -0.1) is 11.3 Å². The molecule has 1 N–H and O–H groups in total. The Kier molecular flexibility index (Phi) is 6.77. The molecule has 3 rings (SSSR count). The molecule has 7 nitrogen and oxygen atoms in total. The van der Waals surface area contributed by atoms with E-state index >= 15 is 0 Å². The van der Waals surface area contributed by atoms with Gasteiger partial charge in [-0.1, -0.05) is 18.6 Å². The van der Waals surface area contributed by atoms with Crippen molar-refractivity contribution in [2.24, 2.45) is 0 Å². The van der Waals surface area contributed by atoms with Crippen LogP contribution in [0.3, 0.4) is 0 Å². The van der Waals surface area contributed by atoms with Crippen molar-refractivity contribution in [2.75, 3.05) is 11.9 Å². The largest absolute Gasteiger partial charge is 0.462 e. The monoisotopic (exact) mass is 414 g/mol. The van der Waals surface area contributed by atoms with Gasteiger partial charge >= 0.3 is 5.97 Å². The summed E-state index contributed by atoms with van der Waals surface area (Å²) in [6, 6.07) is 6.02. The van der Waals surface area contributed by atoms with Crippen molar-refractivity contribution in [3.8, 4) is 0 Å². The molecule has 2 aromatic rings. The third-order valence-electron chi connectivity index (χ3n) is 4.65. The van der Waals surface area contributed by atoms with E-state index in [9.17, 15) is 19.7 Å². The van der Waals surface area contributed by atoms with Crippen LogP contribution >= 0.6 is 11.3 Å². The molecule has 0 radical (unpaired) electrons. The Hall–Kier alpha value is -3.00. The second kappa shape index (κ2) is 9.47. The molecule has 0 aliphatic heterocycles. The topological polar surface area (TPSA) is 98.5 Å². The standard InChI is InChI=1S/C21H22N2O5S/c1-2-28-21(25)19-16-9-4-3-5-10-17(16)29-20(19)22-18(24)12-11-14-7-6-8-15(13-14)23(26)27/h6-8,11-13H,2-5,9-10H2,1H3,(H,22,24)/b12-11+. The molecule has 1 amide bonds. The van der Waals surface area contributed by atoms with Crippen LogP contribution in [0.1, 0.15) is 52.5 Å². The Balaban J connectivity index is 1.81. The lowest BCUT2D eigenvalue weighted by molar-refractivity contribution is -0.384. The second-order valence-electron chi connectivity index (χ2n) is 6.66. The molecule has 1 aromatic carbocycles. The van der Waals surface area contributed by atoms with E-state index in [-0.39, 0.29) is 12.3 Å². The number of carbonyl (C=O) groups is 2. The van der Waals surface area contributed by atoms with E-state index in [1.165, 1.54) is 35.6 Å². The van der Waals surface area contributed by atoms with Crippen LogP contribution in [0, 0.1) is 10.1 Å². The third kappa shape index (κ3) is 5.08. The number of thiophene rings is 1. The number of fused-ring (bicyclic) bond motifs is 1. The van der Waals surface area contributed by atoms with Crippen molar-refractivity contribution >= 4 is 40.0 Å². The maximum atomic E-state index is 12.5. The number of aryl methyl sites for hydroxylation is 1. The number of nitrogens with zero attached hydrogens (tertiary/aromatic N) is 1. The van der Waals surface area contributed by atoms with Gasteiger partial charge in [-0.3, -0.25) is 14.9 Å². The Labute approximate surface area is 172 Å². The van der Waals surface area contributed by atoms with Crippen molar-refractivity contribution in [1.29, 1.82) is 0 Å². The number of ether oxygens (including phenoxy) is 1. The van der Waals surface area contributed by atoms with Gasteiger partial charge in [0.05, 0.1) is 17.1 Å². The molecule has 0 saturated carbocycles. The summed E-state index contributed by atoms with van der Waals surface area (Å²) in [5, 5.41) is 14.2. The summed E-state index contributed by atoms with van der Waals surface area (Å²) in [5.41, 5.74) is 1.95. The second-order valence-corrected chi connectivity index (χ2v) is 7.77. The minimum absolute atomic E-state index is 0.0425. The maximum absolute atomic E-state index is 12.5. The van der Waals surface area contributed by atoms with Crippen LogP contribution in [0.15, 0.2) is 30.3 Å². The van der Waals surface area contributed by atoms with Crippen molar-refractivity contribution in [3.05, 3.63) is 62.0 Å². The molecule has 0 spiro atoms. The zero-order chi connectivity index (χ0) is 20.8. The summed E-state index contributed by atoms with van der Waals surface area (Å²) < 4.78 is 5.21. The van der Waals surface area contributed by atoms with Gasteiger partial charge < -0.3 is 10.1 Å². The molecule has 1 aliphatic rings. The summed E-state index contributed by atoms with van der Waals surface area (Å²) in [5.74, 6) is -0.816. The minimum Gasteiger partial charge on any atom is -0.462 e. The first-order valence-corrected chi connectivity index (χ1v) is 10.4. The van der Waals surface area contributed by atoms with Crippen LogP contribution in [0.2, 0.25) is 0 Å². The van der Waals surface area contributed by atoms with Crippen LogP contribution in [-0.4, -0.2) is 23.4 Å². The number of nitrogens with one attached hydrogen (secondary N) is 1. The van der Waals surface area contributed by atoms with E-state index in [1.54, 1.807) is 19.1 Å². The molecule has 152 valence electrons. The molecular weight excluding hydrogens is 392 g/mol. The van der Waals surface area contributed by atoms with Crippen LogP contribution in [0.25, 0.3) is 6.08 Å². The fraction of sp³-hybridized carbons (Fsp3) is 0.333. The van der Waals surface area contributed by atoms with E-state index in [4.69, 9.17) is 4.74 Å². The molecule has 1 aromatic heterocycles. The van der Waals surface area contributed by atoms with Crippen molar-refractivity contribution < 1.29 is 19.2 Å². The highest BCUT2D eigenvalue weighted by atomic mass is 32.1. The lowest BCUT2D eigenvalue weighted by Gasteiger charge is -2.07. The first-order valence-electron chi connectivity index (χ1n) is 9.54. The van der Waals surface area contributed by atoms with Crippen LogP contribution < -0.4 is 5.32 Å². The molecule has 1 heterocycles. The predicted molar refractivity (Wildman–Crippen MR) is 112 cm³/mol. The minimum atomic E-state index is -0.484. The number of rotatable bonds is 6. The zero-order valence-corrected chi connectivity index (χ0v) is 16.9. The first-order chi connectivity index (χ1) is 14.0. The van der Waals surface area contributed by atoms with E-state index in [2.05, 4.69) is 5.32 Å². The summed E-state index contributed by atoms with van der Waals surface area (Å²) in [4.78, 5) is 36.5.